The van der Waals surface area contributed by atoms with Crippen LogP contribution in [0.1, 0.15) is 31.4 Å². The van der Waals surface area contributed by atoms with Crippen LogP contribution in [-0.2, 0) is 11.3 Å². The molecule has 1 aliphatic rings. The van der Waals surface area contributed by atoms with Gasteiger partial charge in [0.15, 0.2) is 0 Å². The Hall–Kier alpha value is -2.42. The van der Waals surface area contributed by atoms with Gasteiger partial charge in [0.1, 0.15) is 11.4 Å². The predicted octanol–water partition coefficient (Wildman–Crippen LogP) is 1.92. The number of carbonyl (C=O) groups is 2. The van der Waals surface area contributed by atoms with Gasteiger partial charge in [-0.2, -0.15) is 5.26 Å². The van der Waals surface area contributed by atoms with Gasteiger partial charge in [-0.15, -0.1) is 0 Å². The van der Waals surface area contributed by atoms with Gasteiger partial charge in [0.25, 0.3) is 5.91 Å². The van der Waals surface area contributed by atoms with Crippen LogP contribution in [0, 0.1) is 17.1 Å². The largest absolute Gasteiger partial charge is 0.325 e. The molecular formula is C14H14FN3O2. The van der Waals surface area contributed by atoms with Crippen LogP contribution in [0.2, 0.25) is 0 Å². The van der Waals surface area contributed by atoms with Gasteiger partial charge in [0, 0.05) is 0 Å². The molecule has 5 nitrogen and oxygen atoms in total. The van der Waals surface area contributed by atoms with Gasteiger partial charge in [-0.05, 0) is 37.1 Å². The number of halogens is 1. The number of nitriles is 1. The SMILES string of the molecule is CCC1(C)NC(=O)N(Cc2cc(F)cc(C#N)c2)C1=O. The number of hydrogen-bond acceptors (Lipinski definition) is 3. The smallest absolute Gasteiger partial charge is 0.323 e. The molecule has 1 N–H and O–H groups in total. The summed E-state index contributed by atoms with van der Waals surface area (Å²) in [6, 6.07) is 5.12. The van der Waals surface area contributed by atoms with E-state index in [9.17, 15) is 14.0 Å². The fourth-order valence-corrected chi connectivity index (χ4v) is 2.12. The second kappa shape index (κ2) is 4.93. The number of urea groups is 1. The molecule has 6 heteroatoms. The van der Waals surface area contributed by atoms with E-state index in [2.05, 4.69) is 5.32 Å². The van der Waals surface area contributed by atoms with Crippen molar-refractivity contribution in [3.8, 4) is 6.07 Å². The molecule has 0 bridgehead atoms. The first-order valence-corrected chi connectivity index (χ1v) is 6.23. The minimum absolute atomic E-state index is 0.0489. The molecule has 1 aliphatic heterocycles. The number of benzene rings is 1. The molecule has 104 valence electrons. The Kier molecular flexibility index (Phi) is 3.45. The number of nitrogens with one attached hydrogen (secondary N) is 1. The van der Waals surface area contributed by atoms with E-state index in [4.69, 9.17) is 5.26 Å². The summed E-state index contributed by atoms with van der Waals surface area (Å²) in [5.41, 5.74) is -0.349. The molecule has 1 atom stereocenters. The topological polar surface area (TPSA) is 73.2 Å². The van der Waals surface area contributed by atoms with Crippen molar-refractivity contribution in [1.82, 2.24) is 10.2 Å². The van der Waals surface area contributed by atoms with Crippen molar-refractivity contribution in [3.05, 3.63) is 35.1 Å². The van der Waals surface area contributed by atoms with Gasteiger partial charge in [0.05, 0.1) is 18.2 Å². The summed E-state index contributed by atoms with van der Waals surface area (Å²) in [4.78, 5) is 25.1. The van der Waals surface area contributed by atoms with Crippen molar-refractivity contribution in [2.24, 2.45) is 0 Å². The first-order valence-electron chi connectivity index (χ1n) is 6.23. The van der Waals surface area contributed by atoms with Crippen LogP contribution in [-0.4, -0.2) is 22.4 Å². The Balaban J connectivity index is 2.27. The molecule has 1 saturated heterocycles. The molecule has 20 heavy (non-hydrogen) atoms. The van der Waals surface area contributed by atoms with Crippen molar-refractivity contribution in [1.29, 1.82) is 5.26 Å². The monoisotopic (exact) mass is 275 g/mol. The van der Waals surface area contributed by atoms with E-state index in [0.29, 0.717) is 12.0 Å². The highest BCUT2D eigenvalue weighted by Crippen LogP contribution is 2.23. The molecule has 0 radical (unpaired) electrons. The molecule has 0 aromatic heterocycles. The average Bonchev–Trinajstić information content (AvgIpc) is 2.62. The van der Waals surface area contributed by atoms with E-state index >= 15 is 0 Å². The lowest BCUT2D eigenvalue weighted by Gasteiger charge is -2.19. The zero-order chi connectivity index (χ0) is 14.9. The van der Waals surface area contributed by atoms with E-state index in [-0.39, 0.29) is 18.0 Å². The lowest BCUT2D eigenvalue weighted by molar-refractivity contribution is -0.131. The van der Waals surface area contributed by atoms with Crippen LogP contribution in [0.3, 0.4) is 0 Å². The molecule has 2 rings (SSSR count). The van der Waals surface area contributed by atoms with Gasteiger partial charge in [-0.25, -0.2) is 9.18 Å². The van der Waals surface area contributed by atoms with E-state index in [1.165, 1.54) is 12.1 Å². The van der Waals surface area contributed by atoms with Crippen LogP contribution < -0.4 is 5.32 Å². The minimum Gasteiger partial charge on any atom is -0.323 e. The molecule has 0 saturated carbocycles. The Morgan fingerprint density at radius 2 is 2.10 bits per heavy atom. The van der Waals surface area contributed by atoms with Crippen LogP contribution in [0.25, 0.3) is 0 Å². The lowest BCUT2D eigenvalue weighted by atomic mass is 9.99. The maximum absolute atomic E-state index is 13.3. The molecule has 1 heterocycles. The summed E-state index contributed by atoms with van der Waals surface area (Å²) in [5.74, 6) is -0.905. The van der Waals surface area contributed by atoms with Gasteiger partial charge >= 0.3 is 6.03 Å². The molecular weight excluding hydrogens is 261 g/mol. The van der Waals surface area contributed by atoms with Gasteiger partial charge < -0.3 is 5.32 Å². The molecule has 1 fully saturated rings. The number of hydrogen-bond donors (Lipinski definition) is 1. The summed E-state index contributed by atoms with van der Waals surface area (Å²) >= 11 is 0. The number of imide groups is 1. The van der Waals surface area contributed by atoms with Crippen LogP contribution in [0.15, 0.2) is 18.2 Å². The predicted molar refractivity (Wildman–Crippen MR) is 68.9 cm³/mol. The van der Waals surface area contributed by atoms with Crippen molar-refractivity contribution in [2.75, 3.05) is 0 Å². The highest BCUT2D eigenvalue weighted by molar-refractivity contribution is 6.06. The number of amides is 3. The average molecular weight is 275 g/mol. The Morgan fingerprint density at radius 1 is 1.40 bits per heavy atom. The van der Waals surface area contributed by atoms with Crippen molar-refractivity contribution in [2.45, 2.75) is 32.4 Å². The van der Waals surface area contributed by atoms with Crippen LogP contribution in [0.5, 0.6) is 0 Å². The third-order valence-electron chi connectivity index (χ3n) is 3.48. The number of rotatable bonds is 3. The number of carbonyl (C=O) groups excluding carboxylic acids is 2. The van der Waals surface area contributed by atoms with Crippen LogP contribution >= 0.6 is 0 Å². The standard InChI is InChI=1S/C14H14FN3O2/c1-3-14(2)12(19)18(13(20)17-14)8-10-4-9(7-16)5-11(15)6-10/h4-6H,3,8H2,1-2H3,(H,17,20). The molecule has 0 aliphatic carbocycles. The zero-order valence-electron chi connectivity index (χ0n) is 11.2. The summed E-state index contributed by atoms with van der Waals surface area (Å²) in [7, 11) is 0. The Labute approximate surface area is 116 Å². The summed E-state index contributed by atoms with van der Waals surface area (Å²) in [6.07, 6.45) is 0.473. The number of nitrogens with zero attached hydrogens (tertiary/aromatic N) is 2. The molecule has 0 spiro atoms. The Bertz CT molecular complexity index is 623. The van der Waals surface area contributed by atoms with E-state index in [1.807, 2.05) is 6.07 Å². The zero-order valence-corrected chi connectivity index (χ0v) is 11.2. The fourth-order valence-electron chi connectivity index (χ4n) is 2.12. The third-order valence-corrected chi connectivity index (χ3v) is 3.48. The highest BCUT2D eigenvalue weighted by atomic mass is 19.1. The van der Waals surface area contributed by atoms with Gasteiger partial charge in [0.2, 0.25) is 0 Å². The maximum atomic E-state index is 13.3. The quantitative estimate of drug-likeness (QED) is 0.856. The van der Waals surface area contributed by atoms with Crippen LogP contribution in [0.4, 0.5) is 9.18 Å². The Morgan fingerprint density at radius 3 is 2.65 bits per heavy atom. The molecule has 3 amide bonds. The molecule has 1 aromatic rings. The highest BCUT2D eigenvalue weighted by Gasteiger charge is 2.46. The van der Waals surface area contributed by atoms with Gasteiger partial charge in [-0.3, -0.25) is 9.69 Å². The molecule has 1 unspecified atom stereocenters. The first kappa shape index (κ1) is 14.0. The van der Waals surface area contributed by atoms with E-state index < -0.39 is 17.4 Å². The lowest BCUT2D eigenvalue weighted by Crippen LogP contribution is -2.43. The van der Waals surface area contributed by atoms with Crippen molar-refractivity contribution < 1.29 is 14.0 Å². The van der Waals surface area contributed by atoms with Crippen molar-refractivity contribution >= 4 is 11.9 Å². The van der Waals surface area contributed by atoms with E-state index in [1.54, 1.807) is 13.8 Å². The van der Waals surface area contributed by atoms with Crippen molar-refractivity contribution in [3.63, 3.8) is 0 Å². The summed E-state index contributed by atoms with van der Waals surface area (Å²) in [6.45, 7) is 3.41. The fraction of sp³-hybridized carbons (Fsp3) is 0.357. The van der Waals surface area contributed by atoms with E-state index in [0.717, 1.165) is 11.0 Å². The minimum atomic E-state index is -0.914. The van der Waals surface area contributed by atoms with Gasteiger partial charge in [-0.1, -0.05) is 6.92 Å². The molecule has 1 aromatic carbocycles. The second-order valence-electron chi connectivity index (χ2n) is 4.97. The first-order chi connectivity index (χ1) is 9.39. The summed E-state index contributed by atoms with van der Waals surface area (Å²) in [5, 5.41) is 11.4. The summed E-state index contributed by atoms with van der Waals surface area (Å²) < 4.78 is 13.3. The second-order valence-corrected chi connectivity index (χ2v) is 4.97. The normalized spacial score (nSPS) is 21.8. The third kappa shape index (κ3) is 2.35. The maximum Gasteiger partial charge on any atom is 0.325 e.